The molecule has 2 nitrogen and oxygen atoms in total. The Hall–Kier alpha value is -0.0100. The van der Waals surface area contributed by atoms with Gasteiger partial charge in [0.05, 0.1) is 12.3 Å². The van der Waals surface area contributed by atoms with E-state index in [-0.39, 0.29) is 3.74 Å². The number of thiocarbonyl (C=S) groups is 1. The number of halogens is 3. The fourth-order valence-electron chi connectivity index (χ4n) is 1.54. The highest BCUT2D eigenvalue weighted by Crippen LogP contribution is 2.38. The number of ether oxygens (including phenoxy) is 1. The monoisotopic (exact) mass is 453 g/mol. The largest absolute Gasteiger partial charge is 0.483 e. The molecule has 0 aliphatic carbocycles. The molecular weight excluding hydrogens is 446 g/mol. The van der Waals surface area contributed by atoms with Crippen LogP contribution < -0.4 is 0 Å². The van der Waals surface area contributed by atoms with Gasteiger partial charge < -0.3 is 4.74 Å². The lowest BCUT2D eigenvalue weighted by atomic mass is 10.2. The maximum absolute atomic E-state index is 5.90. The second-order valence-corrected chi connectivity index (χ2v) is 8.63. The summed E-state index contributed by atoms with van der Waals surface area (Å²) >= 11 is 19.7. The minimum Gasteiger partial charge on any atom is -0.483 e. The van der Waals surface area contributed by atoms with Crippen molar-refractivity contribution in [2.75, 3.05) is 6.61 Å². The third-order valence-electron chi connectivity index (χ3n) is 2.41. The lowest BCUT2D eigenvalue weighted by molar-refractivity contribution is 0.338. The summed E-state index contributed by atoms with van der Waals surface area (Å²) in [5.41, 5.74) is 1.84. The van der Waals surface area contributed by atoms with Crippen LogP contribution >= 0.6 is 67.0 Å². The van der Waals surface area contributed by atoms with E-state index < -0.39 is 0 Å². The predicted molar refractivity (Wildman–Crippen MR) is 96.5 cm³/mol. The molecule has 2 rings (SSSR count). The van der Waals surface area contributed by atoms with Crippen molar-refractivity contribution >= 4 is 72.1 Å². The van der Waals surface area contributed by atoms with E-state index in [1.54, 1.807) is 0 Å². The number of hydrogen-bond donors (Lipinski definition) is 0. The summed E-state index contributed by atoms with van der Waals surface area (Å²) in [7, 11) is 0. The molecule has 0 aliphatic heterocycles. The van der Waals surface area contributed by atoms with Gasteiger partial charge in [-0.1, -0.05) is 55.6 Å². The second kappa shape index (κ2) is 7.31. The normalized spacial score (nSPS) is 10.8. The van der Waals surface area contributed by atoms with E-state index in [2.05, 4.69) is 36.8 Å². The molecule has 0 aliphatic rings. The summed E-state index contributed by atoms with van der Waals surface area (Å²) in [6.45, 7) is 2.45. The standard InChI is InChI=1S/C13H10Br2ClNOS2/c1-2-18-13(19)10-9(11(14)15)17-12(20-10)7-3-5-8(16)6-4-7/h3-6,11H,2H2,1H3. The molecule has 0 unspecified atom stereocenters. The molecule has 20 heavy (non-hydrogen) atoms. The third-order valence-corrected chi connectivity index (χ3v) is 5.10. The predicted octanol–water partition coefficient (Wildman–Crippen LogP) is 5.96. The van der Waals surface area contributed by atoms with Gasteiger partial charge in [0, 0.05) is 10.6 Å². The van der Waals surface area contributed by atoms with E-state index in [1.807, 2.05) is 31.2 Å². The van der Waals surface area contributed by atoms with E-state index in [0.29, 0.717) is 16.7 Å². The van der Waals surface area contributed by atoms with Crippen LogP contribution in [0.2, 0.25) is 5.02 Å². The summed E-state index contributed by atoms with van der Waals surface area (Å²) in [4.78, 5) is 5.49. The van der Waals surface area contributed by atoms with Crippen LogP contribution in [0.1, 0.15) is 21.2 Å². The third kappa shape index (κ3) is 3.80. The van der Waals surface area contributed by atoms with Crippen molar-refractivity contribution in [1.82, 2.24) is 4.98 Å². The van der Waals surface area contributed by atoms with Gasteiger partial charge in [0.25, 0.3) is 0 Å². The average molecular weight is 456 g/mol. The van der Waals surface area contributed by atoms with E-state index in [1.165, 1.54) is 11.3 Å². The Labute approximate surface area is 148 Å². The van der Waals surface area contributed by atoms with Crippen LogP contribution in [0.25, 0.3) is 10.6 Å². The summed E-state index contributed by atoms with van der Waals surface area (Å²) < 4.78 is 5.36. The smallest absolute Gasteiger partial charge is 0.203 e. The van der Waals surface area contributed by atoms with Gasteiger partial charge in [-0.05, 0) is 31.3 Å². The molecule has 0 amide bonds. The Kier molecular flexibility index (Phi) is 5.98. The molecule has 0 spiro atoms. The first-order chi connectivity index (χ1) is 9.52. The number of alkyl halides is 2. The zero-order valence-corrected chi connectivity index (χ0v) is 16.0. The maximum Gasteiger partial charge on any atom is 0.203 e. The fraction of sp³-hybridized carbons (Fsp3) is 0.231. The minimum absolute atomic E-state index is 0.0688. The number of nitrogens with zero attached hydrogens (tertiary/aromatic N) is 1. The van der Waals surface area contributed by atoms with Crippen LogP contribution in [0.4, 0.5) is 0 Å². The lowest BCUT2D eigenvalue weighted by Gasteiger charge is -2.04. The van der Waals surface area contributed by atoms with E-state index >= 15 is 0 Å². The molecular formula is C13H10Br2ClNOS2. The summed E-state index contributed by atoms with van der Waals surface area (Å²) in [6.07, 6.45) is 0. The quantitative estimate of drug-likeness (QED) is 0.419. The van der Waals surface area contributed by atoms with Gasteiger partial charge in [-0.2, -0.15) is 0 Å². The molecule has 0 saturated carbocycles. The van der Waals surface area contributed by atoms with Gasteiger partial charge in [0.1, 0.15) is 13.6 Å². The van der Waals surface area contributed by atoms with Crippen molar-refractivity contribution in [2.24, 2.45) is 0 Å². The summed E-state index contributed by atoms with van der Waals surface area (Å²) in [5.74, 6) is 0. The molecule has 0 bridgehead atoms. The molecule has 7 heteroatoms. The Morgan fingerprint density at radius 1 is 1.40 bits per heavy atom. The topological polar surface area (TPSA) is 22.1 Å². The lowest BCUT2D eigenvalue weighted by Crippen LogP contribution is -2.03. The van der Waals surface area contributed by atoms with Crippen LogP contribution in [0.3, 0.4) is 0 Å². The fourth-order valence-corrected chi connectivity index (χ4v) is 3.98. The SMILES string of the molecule is CCOC(=S)c1sc(-c2ccc(Cl)cc2)nc1C(Br)Br. The van der Waals surface area contributed by atoms with E-state index in [4.69, 9.17) is 28.6 Å². The Bertz CT molecular complexity index is 613. The minimum atomic E-state index is -0.0688. The molecule has 1 heterocycles. The molecule has 0 saturated heterocycles. The molecule has 2 aromatic rings. The molecule has 1 aromatic heterocycles. The van der Waals surface area contributed by atoms with Crippen molar-refractivity contribution in [1.29, 1.82) is 0 Å². The van der Waals surface area contributed by atoms with Gasteiger partial charge in [0.15, 0.2) is 0 Å². The van der Waals surface area contributed by atoms with Crippen molar-refractivity contribution in [2.45, 2.75) is 10.7 Å². The molecule has 106 valence electrons. The zero-order chi connectivity index (χ0) is 14.7. The Morgan fingerprint density at radius 3 is 2.60 bits per heavy atom. The highest BCUT2D eigenvalue weighted by atomic mass is 79.9. The molecule has 0 radical (unpaired) electrons. The van der Waals surface area contributed by atoms with E-state index in [9.17, 15) is 0 Å². The molecule has 0 N–H and O–H groups in total. The van der Waals surface area contributed by atoms with Crippen LogP contribution in [-0.4, -0.2) is 16.6 Å². The number of hydrogen-bond acceptors (Lipinski definition) is 4. The summed E-state index contributed by atoms with van der Waals surface area (Å²) in [6, 6.07) is 7.57. The van der Waals surface area contributed by atoms with Crippen LogP contribution in [0.5, 0.6) is 0 Å². The van der Waals surface area contributed by atoms with Crippen LogP contribution in [-0.2, 0) is 4.74 Å². The first kappa shape index (κ1) is 16.4. The van der Waals surface area contributed by atoms with Crippen molar-refractivity contribution < 1.29 is 4.74 Å². The number of aromatic nitrogens is 1. The first-order valence-electron chi connectivity index (χ1n) is 5.74. The number of rotatable bonds is 4. The number of benzene rings is 1. The van der Waals surface area contributed by atoms with Gasteiger partial charge in [-0.3, -0.25) is 0 Å². The molecule has 0 fully saturated rings. The van der Waals surface area contributed by atoms with Crippen LogP contribution in [0, 0.1) is 0 Å². The van der Waals surface area contributed by atoms with Gasteiger partial charge in [-0.25, -0.2) is 4.98 Å². The van der Waals surface area contributed by atoms with Gasteiger partial charge in [-0.15, -0.1) is 11.3 Å². The van der Waals surface area contributed by atoms with Gasteiger partial charge in [0.2, 0.25) is 5.05 Å². The molecule has 1 aromatic carbocycles. The van der Waals surface area contributed by atoms with Crippen LogP contribution in [0.15, 0.2) is 24.3 Å². The van der Waals surface area contributed by atoms with Crippen molar-refractivity contribution in [3.05, 3.63) is 39.9 Å². The zero-order valence-electron chi connectivity index (χ0n) is 10.4. The van der Waals surface area contributed by atoms with Gasteiger partial charge >= 0.3 is 0 Å². The second-order valence-electron chi connectivity index (χ2n) is 3.76. The summed E-state index contributed by atoms with van der Waals surface area (Å²) in [5, 5.41) is 2.07. The number of thiazole rings is 1. The highest BCUT2D eigenvalue weighted by molar-refractivity contribution is 9.24. The maximum atomic E-state index is 5.90. The Morgan fingerprint density at radius 2 is 2.05 bits per heavy atom. The highest BCUT2D eigenvalue weighted by Gasteiger charge is 2.21. The molecule has 0 atom stereocenters. The average Bonchev–Trinajstić information content (AvgIpc) is 2.85. The van der Waals surface area contributed by atoms with E-state index in [0.717, 1.165) is 21.1 Å². The first-order valence-corrected chi connectivity index (χ1v) is 9.18. The Balaban J connectivity index is 2.43. The van der Waals surface area contributed by atoms with Crippen molar-refractivity contribution in [3.8, 4) is 10.6 Å². The van der Waals surface area contributed by atoms with Crippen molar-refractivity contribution in [3.63, 3.8) is 0 Å².